The van der Waals surface area contributed by atoms with Crippen molar-refractivity contribution in [1.82, 2.24) is 0 Å². The predicted molar refractivity (Wildman–Crippen MR) is 59.8 cm³/mol. The van der Waals surface area contributed by atoms with Crippen LogP contribution in [0.1, 0.15) is 17.0 Å². The molecular formula is C12H16F3NO. The second-order valence-electron chi connectivity index (χ2n) is 3.92. The van der Waals surface area contributed by atoms with E-state index in [0.29, 0.717) is 0 Å². The van der Waals surface area contributed by atoms with E-state index in [1.54, 1.807) is 0 Å². The van der Waals surface area contributed by atoms with E-state index in [-0.39, 0.29) is 19.1 Å². The van der Waals surface area contributed by atoms with E-state index in [4.69, 9.17) is 5.73 Å². The van der Waals surface area contributed by atoms with Gasteiger partial charge in [0.25, 0.3) is 0 Å². The molecule has 2 N–H and O–H groups in total. The highest BCUT2D eigenvalue weighted by atomic mass is 19.4. The van der Waals surface area contributed by atoms with Gasteiger partial charge in [-0.05, 0) is 18.1 Å². The highest BCUT2D eigenvalue weighted by molar-refractivity contribution is 5.29. The molecule has 0 saturated carbocycles. The van der Waals surface area contributed by atoms with Crippen LogP contribution in [0.3, 0.4) is 0 Å². The van der Waals surface area contributed by atoms with Gasteiger partial charge in [-0.3, -0.25) is 0 Å². The zero-order valence-electron chi connectivity index (χ0n) is 9.63. The number of alkyl halides is 3. The summed E-state index contributed by atoms with van der Waals surface area (Å²) in [6, 6.07) is 7.49. The largest absolute Gasteiger partial charge is 0.411 e. The van der Waals surface area contributed by atoms with Crippen LogP contribution in [0.5, 0.6) is 0 Å². The lowest BCUT2D eigenvalue weighted by Crippen LogP contribution is -2.23. The van der Waals surface area contributed by atoms with Crippen LogP contribution >= 0.6 is 0 Å². The Morgan fingerprint density at radius 3 is 2.47 bits per heavy atom. The van der Waals surface area contributed by atoms with Crippen LogP contribution in [0.4, 0.5) is 13.2 Å². The molecule has 0 aliphatic heterocycles. The van der Waals surface area contributed by atoms with Gasteiger partial charge in [0.15, 0.2) is 0 Å². The van der Waals surface area contributed by atoms with Crippen LogP contribution in [0.15, 0.2) is 24.3 Å². The van der Waals surface area contributed by atoms with Gasteiger partial charge in [0, 0.05) is 12.5 Å². The maximum Gasteiger partial charge on any atom is 0.411 e. The molecule has 1 rings (SSSR count). The van der Waals surface area contributed by atoms with Crippen molar-refractivity contribution < 1.29 is 17.9 Å². The van der Waals surface area contributed by atoms with E-state index in [1.807, 2.05) is 31.2 Å². The van der Waals surface area contributed by atoms with Crippen molar-refractivity contribution in [1.29, 1.82) is 0 Å². The van der Waals surface area contributed by atoms with Gasteiger partial charge in [-0.1, -0.05) is 24.3 Å². The number of nitrogens with two attached hydrogens (primary N) is 1. The third kappa shape index (κ3) is 4.75. The van der Waals surface area contributed by atoms with Gasteiger partial charge in [0.05, 0.1) is 6.61 Å². The fraction of sp³-hybridized carbons (Fsp3) is 0.500. The smallest absolute Gasteiger partial charge is 0.371 e. The normalized spacial score (nSPS) is 13.7. The molecule has 0 saturated heterocycles. The third-order valence-corrected chi connectivity index (χ3v) is 2.50. The topological polar surface area (TPSA) is 35.2 Å². The van der Waals surface area contributed by atoms with Gasteiger partial charge >= 0.3 is 6.18 Å². The molecule has 0 aromatic heterocycles. The summed E-state index contributed by atoms with van der Waals surface area (Å²) >= 11 is 0. The monoisotopic (exact) mass is 247 g/mol. The van der Waals surface area contributed by atoms with Gasteiger partial charge in [0.1, 0.15) is 6.61 Å². The molecule has 0 fully saturated rings. The lowest BCUT2D eigenvalue weighted by Gasteiger charge is -2.18. The van der Waals surface area contributed by atoms with Crippen LogP contribution in [0, 0.1) is 6.92 Å². The molecule has 0 amide bonds. The quantitative estimate of drug-likeness (QED) is 0.868. The van der Waals surface area contributed by atoms with Gasteiger partial charge in [-0.15, -0.1) is 0 Å². The molecule has 0 spiro atoms. The first-order chi connectivity index (χ1) is 7.94. The second kappa shape index (κ2) is 6.02. The number of benzene rings is 1. The zero-order chi connectivity index (χ0) is 12.9. The first kappa shape index (κ1) is 14.0. The number of ether oxygens (including phenoxy) is 1. The van der Waals surface area contributed by atoms with E-state index >= 15 is 0 Å². The van der Waals surface area contributed by atoms with E-state index in [1.165, 1.54) is 0 Å². The lowest BCUT2D eigenvalue weighted by atomic mass is 9.96. The minimum absolute atomic E-state index is 0.0130. The number of hydrogen-bond donors (Lipinski definition) is 1. The maximum atomic E-state index is 11.9. The highest BCUT2D eigenvalue weighted by Crippen LogP contribution is 2.21. The third-order valence-electron chi connectivity index (χ3n) is 2.50. The highest BCUT2D eigenvalue weighted by Gasteiger charge is 2.28. The maximum absolute atomic E-state index is 11.9. The molecule has 96 valence electrons. The van der Waals surface area contributed by atoms with Crippen molar-refractivity contribution in [2.24, 2.45) is 5.73 Å². The van der Waals surface area contributed by atoms with Crippen LogP contribution in [-0.4, -0.2) is 25.9 Å². The van der Waals surface area contributed by atoms with Crippen molar-refractivity contribution in [3.05, 3.63) is 35.4 Å². The van der Waals surface area contributed by atoms with Crippen LogP contribution in [0.2, 0.25) is 0 Å². The molecule has 2 nitrogen and oxygen atoms in total. The van der Waals surface area contributed by atoms with Crippen molar-refractivity contribution >= 4 is 0 Å². The molecule has 1 unspecified atom stereocenters. The summed E-state index contributed by atoms with van der Waals surface area (Å²) in [5.74, 6) is -0.196. The molecular weight excluding hydrogens is 231 g/mol. The summed E-state index contributed by atoms with van der Waals surface area (Å²) < 4.78 is 40.5. The Morgan fingerprint density at radius 2 is 1.94 bits per heavy atom. The Labute approximate surface area is 98.6 Å². The number of aryl methyl sites for hydroxylation is 1. The Kier molecular flexibility index (Phi) is 4.96. The van der Waals surface area contributed by atoms with Crippen LogP contribution in [-0.2, 0) is 4.74 Å². The molecule has 1 aromatic carbocycles. The van der Waals surface area contributed by atoms with Crippen LogP contribution in [0.25, 0.3) is 0 Å². The minimum Gasteiger partial charge on any atom is -0.371 e. The summed E-state index contributed by atoms with van der Waals surface area (Å²) in [7, 11) is 0. The Bertz CT molecular complexity index is 352. The average molecular weight is 247 g/mol. The number of hydrogen-bond acceptors (Lipinski definition) is 2. The summed E-state index contributed by atoms with van der Waals surface area (Å²) in [6.07, 6.45) is -4.29. The molecule has 0 radical (unpaired) electrons. The first-order valence-electron chi connectivity index (χ1n) is 5.34. The van der Waals surface area contributed by atoms with E-state index in [2.05, 4.69) is 4.74 Å². The average Bonchev–Trinajstić information content (AvgIpc) is 2.24. The second-order valence-corrected chi connectivity index (χ2v) is 3.92. The molecule has 1 aromatic rings. The molecule has 0 aliphatic carbocycles. The van der Waals surface area contributed by atoms with E-state index in [0.717, 1.165) is 11.1 Å². The van der Waals surface area contributed by atoms with Gasteiger partial charge < -0.3 is 10.5 Å². The standard InChI is InChI=1S/C12H16F3NO/c1-9-4-2-3-5-11(9)10(6-16)7-17-8-12(13,14)15/h2-5,10H,6-8,16H2,1H3. The van der Waals surface area contributed by atoms with Crippen molar-refractivity contribution in [3.8, 4) is 0 Å². The Balaban J connectivity index is 2.58. The van der Waals surface area contributed by atoms with E-state index < -0.39 is 12.8 Å². The van der Waals surface area contributed by atoms with Gasteiger partial charge in [0.2, 0.25) is 0 Å². The minimum atomic E-state index is -4.29. The Morgan fingerprint density at radius 1 is 1.29 bits per heavy atom. The fourth-order valence-electron chi connectivity index (χ4n) is 1.65. The molecule has 0 aliphatic rings. The first-order valence-corrected chi connectivity index (χ1v) is 5.34. The summed E-state index contributed by atoms with van der Waals surface area (Å²) in [5.41, 5.74) is 7.52. The SMILES string of the molecule is Cc1ccccc1C(CN)COCC(F)(F)F. The van der Waals surface area contributed by atoms with Crippen molar-refractivity contribution in [3.63, 3.8) is 0 Å². The summed E-state index contributed by atoms with van der Waals surface area (Å²) in [6.45, 7) is 0.931. The Hall–Kier alpha value is -1.07. The van der Waals surface area contributed by atoms with Crippen LogP contribution < -0.4 is 5.73 Å². The van der Waals surface area contributed by atoms with Gasteiger partial charge in [-0.25, -0.2) is 0 Å². The molecule has 0 bridgehead atoms. The molecule has 17 heavy (non-hydrogen) atoms. The predicted octanol–water partition coefficient (Wildman–Crippen LogP) is 2.62. The summed E-state index contributed by atoms with van der Waals surface area (Å²) in [4.78, 5) is 0. The van der Waals surface area contributed by atoms with Gasteiger partial charge in [-0.2, -0.15) is 13.2 Å². The van der Waals surface area contributed by atoms with E-state index in [9.17, 15) is 13.2 Å². The van der Waals surface area contributed by atoms with Crippen molar-refractivity contribution in [2.45, 2.75) is 19.0 Å². The molecule has 1 atom stereocenters. The zero-order valence-corrected chi connectivity index (χ0v) is 9.63. The number of rotatable bonds is 5. The summed E-state index contributed by atoms with van der Waals surface area (Å²) in [5, 5.41) is 0. The van der Waals surface area contributed by atoms with Crippen molar-refractivity contribution in [2.75, 3.05) is 19.8 Å². The fourth-order valence-corrected chi connectivity index (χ4v) is 1.65. The lowest BCUT2D eigenvalue weighted by molar-refractivity contribution is -0.174. The molecule has 5 heteroatoms. The number of halogens is 3. The molecule has 0 heterocycles.